The third kappa shape index (κ3) is 39.7. The summed E-state index contributed by atoms with van der Waals surface area (Å²) in [6, 6.07) is 0. The molecule has 19 unspecified atom stereocenters. The lowest BCUT2D eigenvalue weighted by atomic mass is 9.84. The molecule has 2 aliphatic heterocycles. The van der Waals surface area contributed by atoms with Gasteiger partial charge in [0, 0.05) is 18.9 Å². The van der Waals surface area contributed by atoms with Crippen LogP contribution in [0, 0.1) is 5.92 Å². The van der Waals surface area contributed by atoms with Gasteiger partial charge in [0.25, 0.3) is 0 Å². The van der Waals surface area contributed by atoms with Crippen LogP contribution in [0.15, 0.2) is 24.3 Å². The third-order valence-corrected chi connectivity index (χ3v) is 20.7. The van der Waals surface area contributed by atoms with Gasteiger partial charge in [-0.2, -0.15) is 0 Å². The van der Waals surface area contributed by atoms with Crippen molar-refractivity contribution in [3.05, 3.63) is 24.3 Å². The maximum atomic E-state index is 14.3. The number of allylic oxidation sites excluding steroid dienone is 3. The minimum atomic E-state index is -5.72. The molecule has 0 aromatic carbocycles. The summed E-state index contributed by atoms with van der Waals surface area (Å²) >= 11 is 0. The fraction of sp³-hybridized carbons (Fsp3) is 0.908. The molecule has 592 valence electrons. The van der Waals surface area contributed by atoms with Crippen molar-refractivity contribution >= 4 is 25.7 Å². The van der Waals surface area contributed by atoms with Crippen LogP contribution in [0.25, 0.3) is 0 Å². The molecule has 25 heteroatoms. The van der Waals surface area contributed by atoms with Gasteiger partial charge in [0.15, 0.2) is 18.7 Å². The Labute approximate surface area is 605 Å². The summed E-state index contributed by atoms with van der Waals surface area (Å²) in [5, 5.41) is 110. The first-order valence-electron chi connectivity index (χ1n) is 39.6. The first-order valence-corrected chi connectivity index (χ1v) is 41.0. The van der Waals surface area contributed by atoms with Crippen molar-refractivity contribution in [2.45, 2.75) is 408 Å². The Balaban J connectivity index is 1.74. The number of aliphatic hydroxyl groups excluding tert-OH is 10. The average Bonchev–Trinajstić information content (AvgIpc) is 0.762. The second-order valence-corrected chi connectivity index (χ2v) is 30.2. The predicted octanol–water partition coefficient (Wildman–Crippen LogP) is 11.5. The zero-order valence-corrected chi connectivity index (χ0v) is 63.0. The summed E-state index contributed by atoms with van der Waals surface area (Å²) in [6.07, 6.45) is 17.3. The van der Waals surface area contributed by atoms with Gasteiger partial charge in [-0.1, -0.05) is 283 Å². The molecule has 24 nitrogen and oxygen atoms in total. The van der Waals surface area contributed by atoms with Crippen LogP contribution >= 0.6 is 7.82 Å². The Hall–Kier alpha value is -2.56. The number of ether oxygens (including phenoxy) is 7. The molecule has 11 N–H and O–H groups in total. The van der Waals surface area contributed by atoms with Crippen LogP contribution in [0.3, 0.4) is 0 Å². The van der Waals surface area contributed by atoms with Gasteiger partial charge < -0.3 is 89.1 Å². The minimum Gasteiger partial charge on any atom is -0.463 e. The van der Waals surface area contributed by atoms with Crippen LogP contribution in [-0.2, 0) is 61.2 Å². The molecule has 0 radical (unpaired) electrons. The second kappa shape index (κ2) is 56.7. The second-order valence-electron chi connectivity index (χ2n) is 28.8. The van der Waals surface area contributed by atoms with E-state index in [9.17, 15) is 74.9 Å². The number of carbonyl (C=O) groups is 3. The first-order chi connectivity index (χ1) is 48.7. The van der Waals surface area contributed by atoms with Crippen LogP contribution in [0.2, 0.25) is 0 Å². The van der Waals surface area contributed by atoms with Gasteiger partial charge >= 0.3 is 25.7 Å². The van der Waals surface area contributed by atoms with E-state index in [4.69, 9.17) is 42.2 Å². The highest BCUT2D eigenvalue weighted by Crippen LogP contribution is 2.49. The number of aliphatic hydroxyl groups is 10. The number of esters is 3. The molecule has 1 saturated carbocycles. The Bertz CT molecular complexity index is 2190. The number of carbonyl (C=O) groups excluding carboxylic acids is 3. The number of phosphoric ester groups is 1. The lowest BCUT2D eigenvalue weighted by Gasteiger charge is -2.49. The van der Waals surface area contributed by atoms with Gasteiger partial charge in [-0.15, -0.1) is 0 Å². The van der Waals surface area contributed by atoms with Crippen molar-refractivity contribution < 1.29 is 117 Å². The van der Waals surface area contributed by atoms with Gasteiger partial charge in [0.1, 0.15) is 98.7 Å². The zero-order valence-electron chi connectivity index (χ0n) is 62.1. The molecule has 3 fully saturated rings. The van der Waals surface area contributed by atoms with Gasteiger partial charge in [-0.25, -0.2) is 9.36 Å². The standard InChI is InChI=1S/C76H139O24P/c1-5-8-11-14-17-19-21-23-25-27-29-31-33-39-44-49-60(78)92-53-57(95-62(80)51-46-41-34-32-30-28-26-24-22-20-18-15-12-9-6-2)54-94-101(90,91)100-74-72(98-75-70(88)65(83)63(81)58(52-77)96-75)68(86)67(85)69(87)73(74)99-76-71(89)66(84)64(82)59(97-76)55-93-61(79)50-45-40-36-35-38-43-48-56(4)47-42-37-16-13-10-7-3/h33,39,44,49,56-59,63-77,81-89H,5-32,34-38,40-43,45-48,50-55H2,1-4H3,(H,90,91)/b39-33+,49-44+. The van der Waals surface area contributed by atoms with Crippen LogP contribution in [0.4, 0.5) is 0 Å². The van der Waals surface area contributed by atoms with E-state index in [1.807, 2.05) is 6.08 Å². The Morgan fingerprint density at radius 2 is 0.822 bits per heavy atom. The monoisotopic (exact) mass is 1470 g/mol. The van der Waals surface area contributed by atoms with Crippen molar-refractivity contribution in [1.82, 2.24) is 0 Å². The van der Waals surface area contributed by atoms with E-state index in [0.717, 1.165) is 96.0 Å². The molecule has 2 saturated heterocycles. The van der Waals surface area contributed by atoms with E-state index in [0.29, 0.717) is 18.8 Å². The highest BCUT2D eigenvalue weighted by atomic mass is 31.2. The van der Waals surface area contributed by atoms with Gasteiger partial charge in [-0.05, 0) is 31.6 Å². The molecule has 3 aliphatic rings. The number of hydrogen-bond donors (Lipinski definition) is 11. The highest BCUT2D eigenvalue weighted by Gasteiger charge is 2.58. The van der Waals surface area contributed by atoms with Crippen LogP contribution < -0.4 is 0 Å². The lowest BCUT2D eigenvalue weighted by Crippen LogP contribution is -2.69. The largest absolute Gasteiger partial charge is 0.472 e. The van der Waals surface area contributed by atoms with E-state index in [2.05, 4.69) is 27.7 Å². The lowest BCUT2D eigenvalue weighted by molar-refractivity contribution is -0.360. The topological polar surface area (TPSA) is 374 Å². The van der Waals surface area contributed by atoms with E-state index in [-0.39, 0.29) is 12.8 Å². The van der Waals surface area contributed by atoms with Gasteiger partial charge in [-0.3, -0.25) is 18.6 Å². The quantitative estimate of drug-likeness (QED) is 0.00673. The normalized spacial score (nSPS) is 27.6. The van der Waals surface area contributed by atoms with Crippen molar-refractivity contribution in [1.29, 1.82) is 0 Å². The van der Waals surface area contributed by atoms with E-state index in [1.54, 1.807) is 6.08 Å². The molecule has 1 aliphatic carbocycles. The summed E-state index contributed by atoms with van der Waals surface area (Å²) in [7, 11) is -5.72. The summed E-state index contributed by atoms with van der Waals surface area (Å²) < 4.78 is 64.9. The fourth-order valence-corrected chi connectivity index (χ4v) is 14.2. The molecule has 0 spiro atoms. The summed E-state index contributed by atoms with van der Waals surface area (Å²) in [4.78, 5) is 51.0. The van der Waals surface area contributed by atoms with Gasteiger partial charge in [0.05, 0.1) is 13.2 Å². The predicted molar refractivity (Wildman–Crippen MR) is 384 cm³/mol. The summed E-state index contributed by atoms with van der Waals surface area (Å²) in [6.45, 7) is 5.68. The number of rotatable bonds is 61. The molecule has 101 heavy (non-hydrogen) atoms. The summed E-state index contributed by atoms with van der Waals surface area (Å²) in [5.74, 6) is -1.54. The molecular weight excluding hydrogens is 1330 g/mol. The number of phosphoric acid groups is 1. The van der Waals surface area contributed by atoms with Gasteiger partial charge in [0.2, 0.25) is 0 Å². The Morgan fingerprint density at radius 1 is 0.436 bits per heavy atom. The van der Waals surface area contributed by atoms with E-state index < -0.39 is 156 Å². The Morgan fingerprint density at radius 3 is 1.27 bits per heavy atom. The SMILES string of the molecule is CCCCCCCCCCCCC/C=C/C=C/C(=O)OCC(COP(=O)(O)OC1C(OC2OC(CO)C(O)C(O)C2O)C(O)C(O)C(O)C1OC1OC(COC(=O)CCCCCCCCC(C)CCCCCCCC)C(O)C(O)C1O)OC(=O)CCCCCCCCCCCCCCCCC. The smallest absolute Gasteiger partial charge is 0.463 e. The van der Waals surface area contributed by atoms with Crippen molar-refractivity contribution in [2.24, 2.45) is 5.92 Å². The third-order valence-electron chi connectivity index (χ3n) is 19.7. The Kier molecular flexibility index (Phi) is 52.0. The highest BCUT2D eigenvalue weighted by molar-refractivity contribution is 7.47. The fourth-order valence-electron chi connectivity index (χ4n) is 13.2. The van der Waals surface area contributed by atoms with E-state index >= 15 is 0 Å². The molecule has 19 atom stereocenters. The average molecular weight is 1470 g/mol. The van der Waals surface area contributed by atoms with Crippen molar-refractivity contribution in [2.75, 3.05) is 26.4 Å². The molecule has 3 rings (SSSR count). The molecule has 0 bridgehead atoms. The van der Waals surface area contributed by atoms with Crippen molar-refractivity contribution in [3.63, 3.8) is 0 Å². The zero-order chi connectivity index (χ0) is 74.1. The first kappa shape index (κ1) is 92.6. The number of hydrogen-bond acceptors (Lipinski definition) is 23. The minimum absolute atomic E-state index is 0.0263. The molecule has 0 aromatic rings. The molecular formula is C76H139O24P. The molecule has 2 heterocycles. The maximum absolute atomic E-state index is 14.3. The van der Waals surface area contributed by atoms with Crippen LogP contribution in [-0.4, -0.2) is 204 Å². The molecule has 0 aromatic heterocycles. The van der Waals surface area contributed by atoms with Crippen LogP contribution in [0.1, 0.15) is 304 Å². The van der Waals surface area contributed by atoms with Crippen LogP contribution in [0.5, 0.6) is 0 Å². The van der Waals surface area contributed by atoms with Crippen molar-refractivity contribution in [3.8, 4) is 0 Å². The summed E-state index contributed by atoms with van der Waals surface area (Å²) in [5.41, 5.74) is 0. The molecule has 0 amide bonds. The van der Waals surface area contributed by atoms with E-state index in [1.165, 1.54) is 167 Å². The maximum Gasteiger partial charge on any atom is 0.472 e. The number of unbranched alkanes of at least 4 members (excludes halogenated alkanes) is 35.